The summed E-state index contributed by atoms with van der Waals surface area (Å²) in [6, 6.07) is 0. The number of alkyl halides is 3. The third kappa shape index (κ3) is 6.86. The van der Waals surface area contributed by atoms with E-state index in [0.29, 0.717) is 41.6 Å². The van der Waals surface area contributed by atoms with E-state index in [1.54, 1.807) is 19.1 Å². The van der Waals surface area contributed by atoms with E-state index >= 15 is 0 Å². The largest absolute Gasteiger partial charge is 0.405 e. The van der Waals surface area contributed by atoms with Gasteiger partial charge in [-0.25, -0.2) is 0 Å². The van der Waals surface area contributed by atoms with Gasteiger partial charge in [0.05, 0.1) is 22.6 Å². The third-order valence-corrected chi connectivity index (χ3v) is 8.06. The SMILES string of the molecule is C#C/C(C(=N)C1=CCC(C=C)=C1/C=C\C)=C(\C=C(/C)C(=C)N1CC2CC(C)CC(C)(O)C2C1)NCC(F)(F)F. The fourth-order valence-corrected chi connectivity index (χ4v) is 6.27. The van der Waals surface area contributed by atoms with Crippen molar-refractivity contribution in [3.8, 4) is 12.3 Å². The van der Waals surface area contributed by atoms with Gasteiger partial charge in [0.25, 0.3) is 0 Å². The minimum absolute atomic E-state index is 0.0287. The van der Waals surface area contributed by atoms with Crippen LogP contribution in [0.2, 0.25) is 0 Å². The summed E-state index contributed by atoms with van der Waals surface area (Å²) in [5.74, 6) is 3.33. The lowest BCUT2D eigenvalue weighted by Crippen LogP contribution is -2.45. The van der Waals surface area contributed by atoms with Crippen molar-refractivity contribution in [2.24, 2.45) is 17.8 Å². The van der Waals surface area contributed by atoms with Crippen molar-refractivity contribution in [1.29, 1.82) is 5.41 Å². The lowest BCUT2D eigenvalue weighted by atomic mass is 9.68. The second-order valence-corrected chi connectivity index (χ2v) is 11.2. The number of fused-ring (bicyclic) bond motifs is 1. The lowest BCUT2D eigenvalue weighted by molar-refractivity contribution is -0.123. The van der Waals surface area contributed by atoms with Crippen molar-refractivity contribution >= 4 is 5.71 Å². The Morgan fingerprint density at radius 1 is 1.38 bits per heavy atom. The number of hydrogen-bond acceptors (Lipinski definition) is 4. The molecule has 4 atom stereocenters. The van der Waals surface area contributed by atoms with E-state index in [1.807, 2.05) is 32.1 Å². The van der Waals surface area contributed by atoms with Crippen molar-refractivity contribution < 1.29 is 18.3 Å². The predicted molar refractivity (Wildman–Crippen MR) is 153 cm³/mol. The molecule has 4 nitrogen and oxygen atoms in total. The first-order valence-electron chi connectivity index (χ1n) is 13.4. The Labute approximate surface area is 230 Å². The molecule has 7 heteroatoms. The first-order chi connectivity index (χ1) is 18.2. The molecule has 0 aromatic heterocycles. The van der Waals surface area contributed by atoms with E-state index in [-0.39, 0.29) is 22.9 Å². The van der Waals surface area contributed by atoms with Gasteiger partial charge in [0, 0.05) is 30.3 Å². The Kier molecular flexibility index (Phi) is 9.23. The highest BCUT2D eigenvalue weighted by atomic mass is 19.4. The average molecular weight is 540 g/mol. The zero-order chi connectivity index (χ0) is 29.1. The number of allylic oxidation sites excluding steroid dienone is 10. The summed E-state index contributed by atoms with van der Waals surface area (Å²) in [5, 5.41) is 22.4. The highest BCUT2D eigenvalue weighted by Gasteiger charge is 2.48. The summed E-state index contributed by atoms with van der Waals surface area (Å²) in [6.07, 6.45) is 12.5. The van der Waals surface area contributed by atoms with E-state index in [2.05, 4.69) is 36.2 Å². The number of aliphatic hydroxyl groups is 1. The molecule has 3 aliphatic rings. The van der Waals surface area contributed by atoms with Crippen molar-refractivity contribution in [3.05, 3.63) is 82.8 Å². The molecule has 1 saturated carbocycles. The van der Waals surface area contributed by atoms with E-state index in [1.165, 1.54) is 0 Å². The molecule has 0 aromatic carbocycles. The van der Waals surface area contributed by atoms with Crippen LogP contribution in [0.25, 0.3) is 0 Å². The van der Waals surface area contributed by atoms with Crippen LogP contribution >= 0.6 is 0 Å². The molecule has 1 aliphatic heterocycles. The van der Waals surface area contributed by atoms with Gasteiger partial charge in [-0.05, 0) is 74.7 Å². The van der Waals surface area contributed by atoms with Crippen LogP contribution < -0.4 is 5.32 Å². The molecule has 0 aromatic rings. The summed E-state index contributed by atoms with van der Waals surface area (Å²) in [5.41, 5.74) is 2.87. The molecule has 0 bridgehead atoms. The number of rotatable bonds is 9. The van der Waals surface area contributed by atoms with Gasteiger partial charge in [-0.3, -0.25) is 5.41 Å². The maximum atomic E-state index is 13.3. The second kappa shape index (κ2) is 11.9. The molecule has 3 rings (SSSR count). The van der Waals surface area contributed by atoms with E-state index in [4.69, 9.17) is 11.8 Å². The molecule has 2 aliphatic carbocycles. The maximum Gasteiger partial charge on any atom is 0.405 e. The molecule has 0 spiro atoms. The number of halogens is 3. The second-order valence-electron chi connectivity index (χ2n) is 11.2. The van der Waals surface area contributed by atoms with Gasteiger partial charge in [-0.2, -0.15) is 13.2 Å². The fraction of sp³-hybridized carbons (Fsp3) is 0.469. The Balaban J connectivity index is 1.96. The zero-order valence-electron chi connectivity index (χ0n) is 23.4. The molecule has 1 saturated heterocycles. The Hall–Kier alpha value is -3.24. The van der Waals surface area contributed by atoms with Crippen LogP contribution in [0.5, 0.6) is 0 Å². The summed E-state index contributed by atoms with van der Waals surface area (Å²) >= 11 is 0. The first-order valence-corrected chi connectivity index (χ1v) is 13.4. The first kappa shape index (κ1) is 30.3. The number of likely N-dealkylation sites (tertiary alicyclic amines) is 1. The van der Waals surface area contributed by atoms with Crippen LogP contribution in [0.15, 0.2) is 82.8 Å². The van der Waals surface area contributed by atoms with Crippen LogP contribution in [-0.4, -0.2) is 47.1 Å². The minimum atomic E-state index is -4.47. The molecule has 0 radical (unpaired) electrons. The standard InChI is InChI=1S/C32H40F3N3O/c1-8-11-26-23(9-2)12-13-27(26)30(36)25(10-3)29(37-19-32(33,34)35)15-21(5)22(6)38-17-24-14-20(4)16-31(7,39)28(24)18-38/h3,8-9,11,13,15,20,24,28,36-37,39H,2,6,12,14,16-19H2,1,4-5,7H3/b11-8-,21-15+,29-25-,36-30?. The van der Waals surface area contributed by atoms with Crippen molar-refractivity contribution in [1.82, 2.24) is 10.2 Å². The van der Waals surface area contributed by atoms with Gasteiger partial charge in [-0.1, -0.05) is 50.3 Å². The van der Waals surface area contributed by atoms with Crippen molar-refractivity contribution in [2.75, 3.05) is 19.6 Å². The predicted octanol–water partition coefficient (Wildman–Crippen LogP) is 6.62. The quantitative estimate of drug-likeness (QED) is 0.175. The number of terminal acetylenes is 1. The fourth-order valence-electron chi connectivity index (χ4n) is 6.27. The van der Waals surface area contributed by atoms with E-state index < -0.39 is 18.3 Å². The number of hydrogen-bond donors (Lipinski definition) is 3. The Morgan fingerprint density at radius 3 is 2.67 bits per heavy atom. The topological polar surface area (TPSA) is 59.4 Å². The number of nitrogens with zero attached hydrogens (tertiary/aromatic N) is 1. The van der Waals surface area contributed by atoms with E-state index in [0.717, 1.165) is 30.5 Å². The van der Waals surface area contributed by atoms with Gasteiger partial charge in [-0.15, -0.1) is 6.42 Å². The molecule has 3 N–H and O–H groups in total. The van der Waals surface area contributed by atoms with Crippen LogP contribution in [0.3, 0.4) is 0 Å². The highest BCUT2D eigenvalue weighted by Crippen LogP contribution is 2.46. The molecule has 2 fully saturated rings. The third-order valence-electron chi connectivity index (χ3n) is 8.06. The molecule has 210 valence electrons. The van der Waals surface area contributed by atoms with Crippen molar-refractivity contribution in [3.63, 3.8) is 0 Å². The van der Waals surface area contributed by atoms with Crippen LogP contribution in [0.4, 0.5) is 13.2 Å². The summed E-state index contributed by atoms with van der Waals surface area (Å²) in [6.45, 7) is 15.9. The summed E-state index contributed by atoms with van der Waals surface area (Å²) in [7, 11) is 0. The van der Waals surface area contributed by atoms with Gasteiger partial charge >= 0.3 is 6.18 Å². The van der Waals surface area contributed by atoms with E-state index in [9.17, 15) is 18.3 Å². The number of nitrogens with one attached hydrogen (secondary N) is 2. The minimum Gasteiger partial charge on any atom is -0.390 e. The molecular formula is C32H40F3N3O. The Bertz CT molecular complexity index is 1220. The summed E-state index contributed by atoms with van der Waals surface area (Å²) < 4.78 is 39.8. The highest BCUT2D eigenvalue weighted by molar-refractivity contribution is 6.17. The lowest BCUT2D eigenvalue weighted by Gasteiger charge is -2.41. The smallest absolute Gasteiger partial charge is 0.390 e. The molecular weight excluding hydrogens is 499 g/mol. The zero-order valence-corrected chi connectivity index (χ0v) is 23.4. The normalized spacial score (nSPS) is 28.2. The molecule has 4 unspecified atom stereocenters. The van der Waals surface area contributed by atoms with Crippen LogP contribution in [0.1, 0.15) is 47.0 Å². The average Bonchev–Trinajstić information content (AvgIpc) is 3.46. The summed E-state index contributed by atoms with van der Waals surface area (Å²) in [4.78, 5) is 2.11. The van der Waals surface area contributed by atoms with Gasteiger partial charge < -0.3 is 15.3 Å². The molecule has 1 heterocycles. The Morgan fingerprint density at radius 2 is 2.08 bits per heavy atom. The van der Waals surface area contributed by atoms with Crippen LogP contribution in [0, 0.1) is 35.5 Å². The van der Waals surface area contributed by atoms with Gasteiger partial charge in [0.15, 0.2) is 0 Å². The van der Waals surface area contributed by atoms with Crippen LogP contribution in [-0.2, 0) is 0 Å². The van der Waals surface area contributed by atoms with Gasteiger partial charge in [0.2, 0.25) is 0 Å². The monoisotopic (exact) mass is 539 g/mol. The van der Waals surface area contributed by atoms with Gasteiger partial charge in [0.1, 0.15) is 6.54 Å². The van der Waals surface area contributed by atoms with Crippen molar-refractivity contribution in [2.45, 2.75) is 58.7 Å². The molecule has 39 heavy (non-hydrogen) atoms. The maximum absolute atomic E-state index is 13.3. The molecule has 0 amide bonds.